The van der Waals surface area contributed by atoms with Crippen LogP contribution < -0.4 is 4.90 Å². The number of hydrogen-bond donors (Lipinski definition) is 0. The average molecular weight is 521 g/mol. The van der Waals surface area contributed by atoms with Crippen molar-refractivity contribution < 1.29 is 0 Å². The number of nitrogens with zero attached hydrogens (tertiary/aromatic N) is 1. The number of benzene rings is 2. The lowest BCUT2D eigenvalue weighted by atomic mass is 10.1. The van der Waals surface area contributed by atoms with Gasteiger partial charge in [0.25, 0.3) is 0 Å². The fraction of sp³-hybridized carbons (Fsp3) is 0.294. The predicted octanol–water partition coefficient (Wildman–Crippen LogP) is 5.87. The van der Waals surface area contributed by atoms with Crippen LogP contribution in [-0.2, 0) is 12.8 Å². The first-order valence-corrected chi connectivity index (χ1v) is 10.9. The Morgan fingerprint density at radius 3 is 2.24 bits per heavy atom. The van der Waals surface area contributed by atoms with Crippen molar-refractivity contribution in [2.75, 3.05) is 20.8 Å². The third-order valence-corrected chi connectivity index (χ3v) is 5.95. The van der Waals surface area contributed by atoms with Gasteiger partial charge < -0.3 is 4.90 Å². The topological polar surface area (TPSA) is 3.24 Å². The maximum absolute atomic E-state index is 2.44. The first-order chi connectivity index (χ1) is 10.2. The second-order valence-corrected chi connectivity index (χ2v) is 8.38. The van der Waals surface area contributed by atoms with E-state index < -0.39 is 0 Å². The summed E-state index contributed by atoms with van der Waals surface area (Å²) >= 11 is 6.80. The van der Waals surface area contributed by atoms with E-state index in [9.17, 15) is 0 Å². The third-order valence-electron chi connectivity index (χ3n) is 3.76. The molecule has 4 heteroatoms. The lowest BCUT2D eigenvalue weighted by Gasteiger charge is -2.30. The Labute approximate surface area is 158 Å². The number of halogens is 2. The minimum Gasteiger partial charge on any atom is -0.343 e. The molecule has 0 amide bonds. The van der Waals surface area contributed by atoms with E-state index in [1.54, 1.807) is 0 Å². The van der Waals surface area contributed by atoms with Crippen LogP contribution in [0, 0.1) is 0 Å². The van der Waals surface area contributed by atoms with Gasteiger partial charge in [0.1, 0.15) is 0 Å². The molecule has 0 atom stereocenters. The first kappa shape index (κ1) is 15.9. The summed E-state index contributed by atoms with van der Waals surface area (Å²) in [5.41, 5.74) is 5.54. The summed E-state index contributed by atoms with van der Waals surface area (Å²) in [6.07, 6.45) is 2.30. The van der Waals surface area contributed by atoms with Gasteiger partial charge in [0.15, 0.2) is 0 Å². The highest BCUT2D eigenvalue weighted by Gasteiger charge is 2.21. The van der Waals surface area contributed by atoms with Crippen molar-refractivity contribution in [3.63, 3.8) is 0 Å². The SMILES string of the molecule is CN1c2ccc(CCI)cc2Sc2ccc(CCI)cc21. The molecular formula is C17H17I2NS. The van der Waals surface area contributed by atoms with Crippen LogP contribution in [-0.4, -0.2) is 15.9 Å². The highest BCUT2D eigenvalue weighted by molar-refractivity contribution is 14.1. The molecule has 1 aliphatic heterocycles. The molecule has 0 radical (unpaired) electrons. The Bertz CT molecular complexity index is 657. The Morgan fingerprint density at radius 2 is 1.52 bits per heavy atom. The molecule has 3 rings (SSSR count). The molecule has 1 heterocycles. The molecule has 0 saturated carbocycles. The largest absolute Gasteiger partial charge is 0.343 e. The van der Waals surface area contributed by atoms with E-state index in [1.807, 2.05) is 11.8 Å². The minimum absolute atomic E-state index is 1.15. The van der Waals surface area contributed by atoms with E-state index in [4.69, 9.17) is 0 Å². The molecule has 0 saturated heterocycles. The second-order valence-electron chi connectivity index (χ2n) is 5.14. The number of anilines is 2. The van der Waals surface area contributed by atoms with Crippen LogP contribution in [0.1, 0.15) is 11.1 Å². The summed E-state index contributed by atoms with van der Waals surface area (Å²) in [5.74, 6) is 0. The smallest absolute Gasteiger partial charge is 0.0552 e. The summed E-state index contributed by atoms with van der Waals surface area (Å²) in [4.78, 5) is 5.09. The molecule has 1 nitrogen and oxygen atoms in total. The van der Waals surface area contributed by atoms with Crippen molar-refractivity contribution in [1.29, 1.82) is 0 Å². The lowest BCUT2D eigenvalue weighted by molar-refractivity contribution is 1.07. The van der Waals surface area contributed by atoms with Gasteiger partial charge in [-0.3, -0.25) is 0 Å². The summed E-state index contributed by atoms with van der Waals surface area (Å²) in [5, 5.41) is 0. The van der Waals surface area contributed by atoms with Crippen LogP contribution in [0.2, 0.25) is 0 Å². The van der Waals surface area contributed by atoms with Gasteiger partial charge in [-0.05, 0) is 48.2 Å². The number of aryl methyl sites for hydroxylation is 2. The summed E-state index contributed by atoms with van der Waals surface area (Å²) in [6, 6.07) is 13.8. The number of fused-ring (bicyclic) bond motifs is 2. The zero-order valence-electron chi connectivity index (χ0n) is 11.9. The quantitative estimate of drug-likeness (QED) is 0.366. The number of rotatable bonds is 4. The van der Waals surface area contributed by atoms with Crippen molar-refractivity contribution >= 4 is 68.3 Å². The van der Waals surface area contributed by atoms with Crippen LogP contribution in [0.3, 0.4) is 0 Å². The monoisotopic (exact) mass is 521 g/mol. The van der Waals surface area contributed by atoms with Gasteiger partial charge in [0, 0.05) is 25.7 Å². The Kier molecular flexibility index (Phi) is 5.37. The van der Waals surface area contributed by atoms with E-state index in [1.165, 1.54) is 41.1 Å². The zero-order valence-corrected chi connectivity index (χ0v) is 17.0. The second kappa shape index (κ2) is 7.08. The van der Waals surface area contributed by atoms with Crippen LogP contribution >= 0.6 is 56.9 Å². The molecule has 0 aromatic heterocycles. The Morgan fingerprint density at radius 1 is 0.857 bits per heavy atom. The van der Waals surface area contributed by atoms with Gasteiger partial charge >= 0.3 is 0 Å². The maximum atomic E-state index is 2.44. The standard InChI is InChI=1S/C17H17I2NS/c1-20-14-4-2-13(7-9-19)11-17(14)21-16-5-3-12(6-8-18)10-15(16)20/h2-5,10-11H,6-9H2,1H3. The lowest BCUT2D eigenvalue weighted by Crippen LogP contribution is -2.15. The van der Waals surface area contributed by atoms with Gasteiger partial charge in [-0.2, -0.15) is 0 Å². The zero-order chi connectivity index (χ0) is 14.8. The van der Waals surface area contributed by atoms with Crippen LogP contribution in [0.25, 0.3) is 0 Å². The van der Waals surface area contributed by atoms with E-state index in [0.29, 0.717) is 0 Å². The van der Waals surface area contributed by atoms with Gasteiger partial charge in [0.2, 0.25) is 0 Å². The van der Waals surface area contributed by atoms with Gasteiger partial charge in [-0.15, -0.1) is 0 Å². The molecule has 0 N–H and O–H groups in total. The summed E-state index contributed by atoms with van der Waals surface area (Å²) in [7, 11) is 2.18. The maximum Gasteiger partial charge on any atom is 0.0552 e. The van der Waals surface area contributed by atoms with Crippen molar-refractivity contribution in [3.8, 4) is 0 Å². The van der Waals surface area contributed by atoms with Crippen molar-refractivity contribution in [1.82, 2.24) is 0 Å². The van der Waals surface area contributed by atoms with E-state index in [0.717, 1.165) is 12.8 Å². The molecule has 2 aromatic carbocycles. The molecule has 0 spiro atoms. The van der Waals surface area contributed by atoms with E-state index >= 15 is 0 Å². The van der Waals surface area contributed by atoms with Crippen molar-refractivity contribution in [3.05, 3.63) is 47.5 Å². The van der Waals surface area contributed by atoms with Crippen molar-refractivity contribution in [2.45, 2.75) is 22.6 Å². The molecule has 0 fully saturated rings. The fourth-order valence-corrected chi connectivity index (χ4v) is 5.05. The molecule has 110 valence electrons. The summed E-state index contributed by atoms with van der Waals surface area (Å²) < 4.78 is 2.34. The van der Waals surface area contributed by atoms with E-state index in [-0.39, 0.29) is 0 Å². The highest BCUT2D eigenvalue weighted by Crippen LogP contribution is 2.47. The molecular weight excluding hydrogens is 504 g/mol. The van der Waals surface area contributed by atoms with Gasteiger partial charge in [0.05, 0.1) is 11.4 Å². The van der Waals surface area contributed by atoms with Crippen molar-refractivity contribution in [2.24, 2.45) is 0 Å². The number of alkyl halides is 2. The molecule has 0 aliphatic carbocycles. The average Bonchev–Trinajstić information content (AvgIpc) is 2.49. The predicted molar refractivity (Wildman–Crippen MR) is 110 cm³/mol. The van der Waals surface area contributed by atoms with Gasteiger partial charge in [-0.25, -0.2) is 0 Å². The molecule has 21 heavy (non-hydrogen) atoms. The normalized spacial score (nSPS) is 13.0. The molecule has 0 bridgehead atoms. The van der Waals surface area contributed by atoms with E-state index in [2.05, 4.69) is 93.5 Å². The van der Waals surface area contributed by atoms with Crippen LogP contribution in [0.4, 0.5) is 11.4 Å². The van der Waals surface area contributed by atoms with Crippen LogP contribution in [0.5, 0.6) is 0 Å². The number of hydrogen-bond acceptors (Lipinski definition) is 2. The Balaban J connectivity index is 1.97. The third kappa shape index (κ3) is 3.37. The van der Waals surface area contributed by atoms with Crippen LogP contribution in [0.15, 0.2) is 46.2 Å². The van der Waals surface area contributed by atoms with Gasteiger partial charge in [-0.1, -0.05) is 69.1 Å². The highest BCUT2D eigenvalue weighted by atomic mass is 127. The minimum atomic E-state index is 1.15. The summed E-state index contributed by atoms with van der Waals surface area (Å²) in [6.45, 7) is 0. The fourth-order valence-electron chi connectivity index (χ4n) is 2.61. The Hall–Kier alpha value is 0.0500. The molecule has 2 aromatic rings. The molecule has 0 unspecified atom stereocenters. The molecule has 1 aliphatic rings. The first-order valence-electron chi connectivity index (χ1n) is 7.02.